The fraction of sp³-hybridized carbons (Fsp3) is 0.238. The second kappa shape index (κ2) is 8.31. The van der Waals surface area contributed by atoms with Gasteiger partial charge in [0, 0.05) is 18.8 Å². The quantitative estimate of drug-likeness (QED) is 0.464. The molecule has 0 bridgehead atoms. The van der Waals surface area contributed by atoms with Crippen LogP contribution >= 0.6 is 11.3 Å². The minimum absolute atomic E-state index is 0.0527. The number of hydrogen-bond donors (Lipinski definition) is 0. The summed E-state index contributed by atoms with van der Waals surface area (Å²) in [5, 5.41) is 6.98. The van der Waals surface area contributed by atoms with Crippen LogP contribution in [-0.4, -0.2) is 33.0 Å². The molecule has 0 N–H and O–H groups in total. The summed E-state index contributed by atoms with van der Waals surface area (Å²) in [5.74, 6) is -0.173. The zero-order chi connectivity index (χ0) is 20.3. The first-order chi connectivity index (χ1) is 13.4. The fourth-order valence-electron chi connectivity index (χ4n) is 3.03. The standard InChI is InChI=1S/C21H22N4O2S/c1-5-24(16(4)26)21-22-17(13-28-21)11-12-19(27)20-14(2)23-25(15(20)3)18-9-7-6-8-10-18/h6-13H,5H2,1-4H3/b12-11+. The fourth-order valence-corrected chi connectivity index (χ4v) is 3.93. The van der Waals surface area contributed by atoms with E-state index in [1.807, 2.05) is 56.5 Å². The molecule has 3 rings (SSSR count). The molecule has 3 aromatic rings. The van der Waals surface area contributed by atoms with Crippen LogP contribution in [0, 0.1) is 13.8 Å². The number of aromatic nitrogens is 3. The number of ketones is 1. The first-order valence-electron chi connectivity index (χ1n) is 9.00. The van der Waals surface area contributed by atoms with Crippen molar-refractivity contribution < 1.29 is 9.59 Å². The molecule has 1 amide bonds. The summed E-state index contributed by atoms with van der Waals surface area (Å²) < 4.78 is 1.78. The van der Waals surface area contributed by atoms with Gasteiger partial charge >= 0.3 is 0 Å². The van der Waals surface area contributed by atoms with E-state index < -0.39 is 0 Å². The molecule has 0 fully saturated rings. The Kier molecular flexibility index (Phi) is 5.84. The molecule has 0 saturated heterocycles. The van der Waals surface area contributed by atoms with Crippen LogP contribution in [0.15, 0.2) is 41.8 Å². The molecule has 0 aliphatic heterocycles. The monoisotopic (exact) mass is 394 g/mol. The van der Waals surface area contributed by atoms with Gasteiger partial charge in [0.1, 0.15) is 0 Å². The minimum atomic E-state index is -0.120. The highest BCUT2D eigenvalue weighted by Crippen LogP contribution is 2.22. The van der Waals surface area contributed by atoms with E-state index in [1.54, 1.807) is 15.7 Å². The molecule has 0 atom stereocenters. The molecule has 0 unspecified atom stereocenters. The third-order valence-electron chi connectivity index (χ3n) is 4.38. The number of anilines is 1. The Labute approximate surface area is 168 Å². The molecule has 0 aliphatic rings. The van der Waals surface area contributed by atoms with Crippen LogP contribution in [0.5, 0.6) is 0 Å². The van der Waals surface area contributed by atoms with Crippen molar-refractivity contribution in [1.82, 2.24) is 14.8 Å². The topological polar surface area (TPSA) is 68.1 Å². The van der Waals surface area contributed by atoms with E-state index in [1.165, 1.54) is 24.3 Å². The molecule has 0 spiro atoms. The average molecular weight is 395 g/mol. The molecule has 1 aromatic carbocycles. The SMILES string of the molecule is CCN(C(C)=O)c1nc(/C=C/C(=O)c2c(C)nn(-c3ccccc3)c2C)cs1. The Morgan fingerprint density at radius 2 is 1.93 bits per heavy atom. The summed E-state index contributed by atoms with van der Waals surface area (Å²) in [6.07, 6.45) is 3.18. The number of hydrogen-bond acceptors (Lipinski definition) is 5. The molecular weight excluding hydrogens is 372 g/mol. The lowest BCUT2D eigenvalue weighted by Gasteiger charge is -2.14. The summed E-state index contributed by atoms with van der Waals surface area (Å²) >= 11 is 1.38. The van der Waals surface area contributed by atoms with Gasteiger partial charge in [0.25, 0.3) is 0 Å². The van der Waals surface area contributed by atoms with Crippen LogP contribution in [0.2, 0.25) is 0 Å². The molecule has 0 saturated carbocycles. The molecular formula is C21H22N4O2S. The number of carbonyl (C=O) groups excluding carboxylic acids is 2. The Morgan fingerprint density at radius 3 is 2.57 bits per heavy atom. The predicted molar refractivity (Wildman–Crippen MR) is 112 cm³/mol. The molecule has 0 radical (unpaired) electrons. The maximum Gasteiger partial charge on any atom is 0.225 e. The van der Waals surface area contributed by atoms with E-state index in [9.17, 15) is 9.59 Å². The summed E-state index contributed by atoms with van der Waals surface area (Å²) in [5.41, 5.74) is 3.64. The molecule has 28 heavy (non-hydrogen) atoms. The van der Waals surface area contributed by atoms with Gasteiger partial charge in [-0.05, 0) is 45.1 Å². The average Bonchev–Trinajstić information content (AvgIpc) is 3.25. The lowest BCUT2D eigenvalue weighted by molar-refractivity contribution is -0.116. The van der Waals surface area contributed by atoms with Gasteiger partial charge in [0.05, 0.1) is 28.3 Å². The highest BCUT2D eigenvalue weighted by molar-refractivity contribution is 7.14. The van der Waals surface area contributed by atoms with Crippen LogP contribution in [0.4, 0.5) is 5.13 Å². The van der Waals surface area contributed by atoms with Crippen molar-refractivity contribution in [2.45, 2.75) is 27.7 Å². The number of benzene rings is 1. The van der Waals surface area contributed by atoms with Crippen molar-refractivity contribution in [1.29, 1.82) is 0 Å². The number of nitrogens with zero attached hydrogens (tertiary/aromatic N) is 4. The zero-order valence-electron chi connectivity index (χ0n) is 16.3. The zero-order valence-corrected chi connectivity index (χ0v) is 17.2. The Bertz CT molecular complexity index is 1030. The Hall–Kier alpha value is -3.06. The van der Waals surface area contributed by atoms with Crippen molar-refractivity contribution in [3.63, 3.8) is 0 Å². The van der Waals surface area contributed by atoms with E-state index in [4.69, 9.17) is 0 Å². The third kappa shape index (κ3) is 3.94. The summed E-state index contributed by atoms with van der Waals surface area (Å²) in [6.45, 7) is 7.70. The van der Waals surface area contributed by atoms with Gasteiger partial charge in [0.15, 0.2) is 10.9 Å². The van der Waals surface area contributed by atoms with Gasteiger partial charge in [-0.1, -0.05) is 18.2 Å². The lowest BCUT2D eigenvalue weighted by atomic mass is 10.1. The first kappa shape index (κ1) is 19.7. The Balaban J connectivity index is 1.83. The number of thiazole rings is 1. The molecule has 6 nitrogen and oxygen atoms in total. The van der Waals surface area contributed by atoms with Crippen LogP contribution in [0.25, 0.3) is 11.8 Å². The van der Waals surface area contributed by atoms with Gasteiger partial charge in [-0.25, -0.2) is 9.67 Å². The largest absolute Gasteiger partial charge is 0.289 e. The van der Waals surface area contributed by atoms with E-state index in [-0.39, 0.29) is 11.7 Å². The molecule has 7 heteroatoms. The number of para-hydroxylation sites is 1. The third-order valence-corrected chi connectivity index (χ3v) is 5.26. The van der Waals surface area contributed by atoms with E-state index in [0.29, 0.717) is 28.6 Å². The van der Waals surface area contributed by atoms with E-state index >= 15 is 0 Å². The van der Waals surface area contributed by atoms with E-state index in [0.717, 1.165) is 11.4 Å². The van der Waals surface area contributed by atoms with Gasteiger partial charge < -0.3 is 0 Å². The number of allylic oxidation sites excluding steroid dienone is 1. The number of carbonyl (C=O) groups is 2. The maximum absolute atomic E-state index is 12.8. The summed E-state index contributed by atoms with van der Waals surface area (Å²) in [7, 11) is 0. The normalized spacial score (nSPS) is 11.1. The van der Waals surface area contributed by atoms with Crippen molar-refractivity contribution in [2.75, 3.05) is 11.4 Å². The molecule has 0 aliphatic carbocycles. The van der Waals surface area contributed by atoms with Crippen molar-refractivity contribution in [3.05, 3.63) is 64.4 Å². The molecule has 2 heterocycles. The summed E-state index contributed by atoms with van der Waals surface area (Å²) in [6, 6.07) is 9.73. The molecule has 2 aromatic heterocycles. The smallest absolute Gasteiger partial charge is 0.225 e. The number of aryl methyl sites for hydroxylation is 1. The maximum atomic E-state index is 12.8. The van der Waals surface area contributed by atoms with Crippen molar-refractivity contribution in [2.24, 2.45) is 0 Å². The lowest BCUT2D eigenvalue weighted by Crippen LogP contribution is -2.27. The Morgan fingerprint density at radius 1 is 1.21 bits per heavy atom. The second-order valence-corrected chi connectivity index (χ2v) is 7.15. The van der Waals surface area contributed by atoms with E-state index in [2.05, 4.69) is 10.1 Å². The van der Waals surface area contributed by atoms with Crippen molar-refractivity contribution in [3.8, 4) is 5.69 Å². The van der Waals surface area contributed by atoms with Crippen LogP contribution in [0.3, 0.4) is 0 Å². The minimum Gasteiger partial charge on any atom is -0.289 e. The van der Waals surface area contributed by atoms with Gasteiger partial charge in [0.2, 0.25) is 5.91 Å². The van der Waals surface area contributed by atoms with Gasteiger partial charge in [-0.15, -0.1) is 11.3 Å². The predicted octanol–water partition coefficient (Wildman–Crippen LogP) is 4.21. The number of amides is 1. The molecule has 144 valence electrons. The highest BCUT2D eigenvalue weighted by atomic mass is 32.1. The highest BCUT2D eigenvalue weighted by Gasteiger charge is 2.18. The van der Waals surface area contributed by atoms with Gasteiger partial charge in [-0.3, -0.25) is 14.5 Å². The van der Waals surface area contributed by atoms with Crippen LogP contribution in [-0.2, 0) is 4.79 Å². The number of rotatable bonds is 6. The second-order valence-electron chi connectivity index (χ2n) is 6.31. The van der Waals surface area contributed by atoms with Crippen LogP contribution < -0.4 is 4.90 Å². The summed E-state index contributed by atoms with van der Waals surface area (Å²) in [4.78, 5) is 30.5. The van der Waals surface area contributed by atoms with Crippen molar-refractivity contribution >= 4 is 34.2 Å². The van der Waals surface area contributed by atoms with Crippen LogP contribution in [0.1, 0.15) is 41.3 Å². The van der Waals surface area contributed by atoms with Gasteiger partial charge in [-0.2, -0.15) is 5.10 Å². The first-order valence-corrected chi connectivity index (χ1v) is 9.88.